The molecule has 1 atom stereocenters. The Morgan fingerprint density at radius 3 is 2.39 bits per heavy atom. The molecule has 4 aromatic rings. The van der Waals surface area contributed by atoms with Crippen LogP contribution in [0.15, 0.2) is 88.1 Å². The lowest BCUT2D eigenvalue weighted by molar-refractivity contribution is 0.305. The van der Waals surface area contributed by atoms with Crippen molar-refractivity contribution in [1.29, 1.82) is 5.26 Å². The minimum Gasteiger partial charge on any atom is -0.488 e. The third-order valence-electron chi connectivity index (χ3n) is 7.24. The molecule has 6 heteroatoms. The van der Waals surface area contributed by atoms with Gasteiger partial charge in [-0.3, -0.25) is 0 Å². The van der Waals surface area contributed by atoms with Gasteiger partial charge in [0.2, 0.25) is 5.89 Å². The molecule has 3 aromatic carbocycles. The van der Waals surface area contributed by atoms with Gasteiger partial charge in [0, 0.05) is 17.5 Å². The number of unbranched alkanes of at least 4 members (excludes halogenated alkanes) is 2. The van der Waals surface area contributed by atoms with Crippen molar-refractivity contribution in [2.24, 2.45) is 5.92 Å². The number of nitrogens with one attached hydrogen (secondary N) is 1. The van der Waals surface area contributed by atoms with Crippen molar-refractivity contribution in [3.05, 3.63) is 112 Å². The Morgan fingerprint density at radius 2 is 1.71 bits per heavy atom. The summed E-state index contributed by atoms with van der Waals surface area (Å²) in [6.45, 7) is 7.18. The maximum absolute atomic E-state index is 11.2. The number of aryl methyl sites for hydroxylation is 1. The second-order valence-corrected chi connectivity index (χ2v) is 11.5. The summed E-state index contributed by atoms with van der Waals surface area (Å²) in [4.78, 5) is 11.2. The smallest absolute Gasteiger partial charge is 0.434 e. The largest absolute Gasteiger partial charge is 0.488 e. The molecule has 1 unspecified atom stereocenters. The molecule has 6 nitrogen and oxygen atoms in total. The highest BCUT2D eigenvalue weighted by Crippen LogP contribution is 2.26. The van der Waals surface area contributed by atoms with Crippen LogP contribution in [-0.4, -0.2) is 10.2 Å². The van der Waals surface area contributed by atoms with Crippen molar-refractivity contribution in [2.75, 3.05) is 0 Å². The van der Waals surface area contributed by atoms with E-state index in [0.717, 1.165) is 54.5 Å². The van der Waals surface area contributed by atoms with Crippen molar-refractivity contribution in [3.8, 4) is 23.3 Å². The lowest BCUT2D eigenvalue weighted by Gasteiger charge is -2.19. The summed E-state index contributed by atoms with van der Waals surface area (Å²) < 4.78 is 11.3. The van der Waals surface area contributed by atoms with Gasteiger partial charge in [-0.15, -0.1) is 5.10 Å². The molecule has 0 fully saturated rings. The molecule has 0 aliphatic carbocycles. The summed E-state index contributed by atoms with van der Waals surface area (Å²) in [7, 11) is 0. The van der Waals surface area contributed by atoms with E-state index in [9.17, 15) is 4.79 Å². The van der Waals surface area contributed by atoms with Gasteiger partial charge in [0.25, 0.3) is 0 Å². The Kier molecular flexibility index (Phi) is 10.3. The van der Waals surface area contributed by atoms with E-state index in [1.165, 1.54) is 11.1 Å². The maximum Gasteiger partial charge on any atom is 0.434 e. The number of aromatic nitrogens is 2. The third kappa shape index (κ3) is 9.08. The van der Waals surface area contributed by atoms with Crippen LogP contribution >= 0.6 is 0 Å². The normalized spacial score (nSPS) is 12.3. The van der Waals surface area contributed by atoms with E-state index in [2.05, 4.69) is 91.7 Å². The van der Waals surface area contributed by atoms with Gasteiger partial charge in [-0.05, 0) is 71.9 Å². The van der Waals surface area contributed by atoms with E-state index in [0.29, 0.717) is 24.8 Å². The molecule has 0 saturated carbocycles. The van der Waals surface area contributed by atoms with Crippen LogP contribution in [0.5, 0.6) is 5.75 Å². The number of nitrogens with zero attached hydrogens (tertiary/aromatic N) is 2. The minimum absolute atomic E-state index is 0.129. The first-order valence-electron chi connectivity index (χ1n) is 14.3. The number of hydrogen-bond acceptors (Lipinski definition) is 5. The number of para-hydroxylation sites is 1. The molecule has 1 aromatic heterocycles. The zero-order valence-electron chi connectivity index (χ0n) is 24.2. The first-order valence-corrected chi connectivity index (χ1v) is 14.3. The number of H-pyrrole nitrogens is 1. The summed E-state index contributed by atoms with van der Waals surface area (Å²) in [5.74, 6) is 0.975. The number of ether oxygens (including phenoxy) is 1. The predicted octanol–water partition coefficient (Wildman–Crippen LogP) is 8.25. The molecular weight excluding hydrogens is 510 g/mol. The fourth-order valence-electron chi connectivity index (χ4n) is 4.72. The van der Waals surface area contributed by atoms with E-state index in [4.69, 9.17) is 14.4 Å². The number of benzene rings is 3. The quantitative estimate of drug-likeness (QED) is 0.170. The topological polar surface area (TPSA) is 91.9 Å². The summed E-state index contributed by atoms with van der Waals surface area (Å²) in [5, 5.41) is 15.1. The van der Waals surface area contributed by atoms with Gasteiger partial charge < -0.3 is 9.15 Å². The first-order chi connectivity index (χ1) is 19.8. The first kappa shape index (κ1) is 29.6. The molecule has 0 spiro atoms. The maximum atomic E-state index is 11.2. The number of nitriles is 1. The van der Waals surface area contributed by atoms with Crippen molar-refractivity contribution in [2.45, 2.75) is 71.3 Å². The number of rotatable bonds is 13. The van der Waals surface area contributed by atoms with Gasteiger partial charge in [-0.1, -0.05) is 93.9 Å². The van der Waals surface area contributed by atoms with Crippen LogP contribution in [0.4, 0.5) is 0 Å². The van der Waals surface area contributed by atoms with Gasteiger partial charge in [-0.2, -0.15) is 5.26 Å². The summed E-state index contributed by atoms with van der Waals surface area (Å²) >= 11 is 0. The average Bonchev–Trinajstić information content (AvgIpc) is 3.41. The Morgan fingerprint density at radius 1 is 0.976 bits per heavy atom. The van der Waals surface area contributed by atoms with Gasteiger partial charge in [0.1, 0.15) is 12.4 Å². The van der Waals surface area contributed by atoms with Crippen molar-refractivity contribution in [3.63, 3.8) is 0 Å². The van der Waals surface area contributed by atoms with Crippen molar-refractivity contribution >= 4 is 6.08 Å². The van der Waals surface area contributed by atoms with Gasteiger partial charge >= 0.3 is 5.76 Å². The summed E-state index contributed by atoms with van der Waals surface area (Å²) in [5.41, 5.74) is 5.63. The zero-order valence-corrected chi connectivity index (χ0v) is 24.2. The molecule has 0 radical (unpaired) electrons. The molecule has 0 saturated heterocycles. The van der Waals surface area contributed by atoms with E-state index >= 15 is 0 Å². The molecule has 0 amide bonds. The lowest BCUT2D eigenvalue weighted by atomic mass is 9.87. The molecule has 0 aliphatic heterocycles. The fourth-order valence-corrected chi connectivity index (χ4v) is 4.72. The highest BCUT2D eigenvalue weighted by molar-refractivity contribution is 5.57. The second kappa shape index (κ2) is 14.3. The Bertz CT molecular complexity index is 1500. The van der Waals surface area contributed by atoms with Crippen LogP contribution in [-0.2, 0) is 18.4 Å². The van der Waals surface area contributed by atoms with Gasteiger partial charge in [0.15, 0.2) is 0 Å². The SMILES string of the molecule is CC(C)(C)c1ccc(COc2ccccc2/C=C/C(CCCCC#N)CCc2ccc(-c3n[nH]c(=O)o3)cc2)cc1. The van der Waals surface area contributed by atoms with Gasteiger partial charge in [0.05, 0.1) is 6.07 Å². The Balaban J connectivity index is 1.40. The number of aromatic amines is 1. The lowest BCUT2D eigenvalue weighted by Crippen LogP contribution is -2.10. The van der Waals surface area contributed by atoms with E-state index < -0.39 is 5.76 Å². The molecular formula is C35H39N3O3. The highest BCUT2D eigenvalue weighted by Gasteiger charge is 2.13. The van der Waals surface area contributed by atoms with Crippen LogP contribution in [0.3, 0.4) is 0 Å². The fraction of sp³-hybridized carbons (Fsp3) is 0.343. The van der Waals surface area contributed by atoms with Crippen LogP contribution in [0.1, 0.15) is 75.1 Å². The predicted molar refractivity (Wildman–Crippen MR) is 163 cm³/mol. The molecule has 0 bridgehead atoms. The molecule has 212 valence electrons. The van der Waals surface area contributed by atoms with Crippen LogP contribution in [0, 0.1) is 17.2 Å². The second-order valence-electron chi connectivity index (χ2n) is 11.5. The van der Waals surface area contributed by atoms with Crippen LogP contribution in [0.25, 0.3) is 17.5 Å². The monoisotopic (exact) mass is 549 g/mol. The van der Waals surface area contributed by atoms with E-state index in [1.54, 1.807) is 0 Å². The molecule has 1 N–H and O–H groups in total. The van der Waals surface area contributed by atoms with Crippen LogP contribution < -0.4 is 10.5 Å². The summed E-state index contributed by atoms with van der Waals surface area (Å²) in [6, 6.07) is 27.0. The van der Waals surface area contributed by atoms with Crippen LogP contribution in [0.2, 0.25) is 0 Å². The zero-order chi connectivity index (χ0) is 29.1. The molecule has 41 heavy (non-hydrogen) atoms. The standard InChI is InChI=1S/C35H39N3O3/c1-35(2,3)31-22-17-28(18-23-31)25-40-32-11-7-6-10-29(32)19-14-26(9-5-4-8-24-36)12-13-27-15-20-30(21-16-27)33-37-38-34(39)41-33/h6-7,10-11,14-23,26H,4-5,8-9,12-13,25H2,1-3H3,(H,38,39)/b19-14+. The molecule has 1 heterocycles. The molecule has 4 rings (SSSR count). The molecule has 0 aliphatic rings. The van der Waals surface area contributed by atoms with Gasteiger partial charge in [-0.25, -0.2) is 9.89 Å². The van der Waals surface area contributed by atoms with E-state index in [1.807, 2.05) is 30.3 Å². The average molecular weight is 550 g/mol. The number of allylic oxidation sites excluding steroid dienone is 1. The Labute approximate surface area is 242 Å². The Hall–Kier alpha value is -4.37. The van der Waals surface area contributed by atoms with Crippen molar-refractivity contribution in [1.82, 2.24) is 10.2 Å². The third-order valence-corrected chi connectivity index (χ3v) is 7.24. The van der Waals surface area contributed by atoms with Crippen molar-refractivity contribution < 1.29 is 9.15 Å². The van der Waals surface area contributed by atoms with E-state index in [-0.39, 0.29) is 5.41 Å². The summed E-state index contributed by atoms with van der Waals surface area (Å²) in [6.07, 6.45) is 9.92. The number of hydrogen-bond donors (Lipinski definition) is 1. The minimum atomic E-state index is -0.558. The highest BCUT2D eigenvalue weighted by atomic mass is 16.5.